The van der Waals surface area contributed by atoms with Crippen molar-refractivity contribution in [3.05, 3.63) is 30.1 Å². The van der Waals surface area contributed by atoms with Crippen LogP contribution in [0.5, 0.6) is 0 Å². The first-order chi connectivity index (χ1) is 10.1. The first-order valence-corrected chi connectivity index (χ1v) is 6.73. The fourth-order valence-electron chi connectivity index (χ4n) is 2.22. The zero-order chi connectivity index (χ0) is 15.0. The molecule has 1 N–H and O–H groups in total. The molecule has 21 heavy (non-hydrogen) atoms. The van der Waals surface area contributed by atoms with Crippen LogP contribution in [0.1, 0.15) is 30.4 Å². The molecule has 1 aromatic heterocycles. The normalized spacial score (nSPS) is 15.7. The van der Waals surface area contributed by atoms with Gasteiger partial charge in [0.2, 0.25) is 5.82 Å². The van der Waals surface area contributed by atoms with E-state index >= 15 is 0 Å². The Balaban J connectivity index is 1.95. The van der Waals surface area contributed by atoms with E-state index in [1.165, 1.54) is 11.8 Å². The summed E-state index contributed by atoms with van der Waals surface area (Å²) in [4.78, 5) is 29.2. The predicted octanol–water partition coefficient (Wildman–Crippen LogP) is 1.10. The topological polar surface area (TPSA) is 96.3 Å². The van der Waals surface area contributed by atoms with Gasteiger partial charge in [0, 0.05) is 6.04 Å². The fourth-order valence-corrected chi connectivity index (χ4v) is 2.22. The van der Waals surface area contributed by atoms with E-state index in [4.69, 9.17) is 5.11 Å². The summed E-state index contributed by atoms with van der Waals surface area (Å²) in [6.07, 6.45) is 1.62. The van der Waals surface area contributed by atoms with Crippen LogP contribution in [0.3, 0.4) is 0 Å². The van der Waals surface area contributed by atoms with Crippen molar-refractivity contribution in [2.75, 3.05) is 0 Å². The van der Waals surface area contributed by atoms with Crippen LogP contribution in [-0.2, 0) is 4.79 Å². The van der Waals surface area contributed by atoms with Crippen LogP contribution >= 0.6 is 0 Å². The van der Waals surface area contributed by atoms with Gasteiger partial charge < -0.3 is 10.0 Å². The largest absolute Gasteiger partial charge is 0.480 e. The highest BCUT2D eigenvalue weighted by Gasteiger charge is 2.39. The van der Waals surface area contributed by atoms with E-state index in [1.54, 1.807) is 18.2 Å². The molecule has 0 aliphatic heterocycles. The Kier molecular flexibility index (Phi) is 3.25. The third-order valence-electron chi connectivity index (χ3n) is 3.50. The van der Waals surface area contributed by atoms with E-state index in [0.717, 1.165) is 12.8 Å². The second-order valence-corrected chi connectivity index (χ2v) is 5.08. The van der Waals surface area contributed by atoms with Gasteiger partial charge in [0.15, 0.2) is 0 Å². The average molecular weight is 286 g/mol. The van der Waals surface area contributed by atoms with E-state index in [0.29, 0.717) is 11.0 Å². The van der Waals surface area contributed by atoms with E-state index in [9.17, 15) is 9.59 Å². The smallest absolute Gasteiger partial charge is 0.326 e. The summed E-state index contributed by atoms with van der Waals surface area (Å²) in [5.41, 5.74) is 1.16. The number of nitrogens with zero attached hydrogens (tertiary/aromatic N) is 4. The van der Waals surface area contributed by atoms with Gasteiger partial charge in [0.05, 0.1) is 5.52 Å². The van der Waals surface area contributed by atoms with Gasteiger partial charge in [0.25, 0.3) is 5.91 Å². The SMILES string of the molecule is CC(C(=O)O)N(C(=O)c1nnc2ccccc2n1)C1CC1. The second-order valence-electron chi connectivity index (χ2n) is 5.08. The van der Waals surface area contributed by atoms with Crippen LogP contribution in [-0.4, -0.2) is 49.1 Å². The number of hydrogen-bond acceptors (Lipinski definition) is 5. The molecular weight excluding hydrogens is 272 g/mol. The number of carboxylic acids is 1. The van der Waals surface area contributed by atoms with Crippen molar-refractivity contribution in [3.8, 4) is 0 Å². The summed E-state index contributed by atoms with van der Waals surface area (Å²) in [5.74, 6) is -1.58. The summed E-state index contributed by atoms with van der Waals surface area (Å²) in [6, 6.07) is 6.15. The van der Waals surface area contributed by atoms with Crippen LogP contribution < -0.4 is 0 Å². The Morgan fingerprint density at radius 2 is 1.90 bits per heavy atom. The summed E-state index contributed by atoms with van der Waals surface area (Å²) in [5, 5.41) is 16.9. The molecule has 1 unspecified atom stereocenters. The highest BCUT2D eigenvalue weighted by atomic mass is 16.4. The van der Waals surface area contributed by atoms with Gasteiger partial charge in [-0.2, -0.15) is 0 Å². The number of aliphatic carboxylic acids is 1. The first kappa shape index (κ1) is 13.4. The average Bonchev–Trinajstić information content (AvgIpc) is 3.31. The van der Waals surface area contributed by atoms with Gasteiger partial charge in [-0.15, -0.1) is 10.2 Å². The van der Waals surface area contributed by atoms with Crippen LogP contribution in [0.25, 0.3) is 11.0 Å². The second kappa shape index (κ2) is 5.08. The molecule has 2 aromatic rings. The number of carbonyl (C=O) groups excluding carboxylic acids is 1. The first-order valence-electron chi connectivity index (χ1n) is 6.73. The van der Waals surface area contributed by atoms with Crippen molar-refractivity contribution >= 4 is 22.9 Å². The highest BCUT2D eigenvalue weighted by Crippen LogP contribution is 2.29. The summed E-state index contributed by atoms with van der Waals surface area (Å²) >= 11 is 0. The molecule has 7 heteroatoms. The lowest BCUT2D eigenvalue weighted by atomic mass is 10.2. The Labute approximate surface area is 120 Å². The minimum Gasteiger partial charge on any atom is -0.480 e. The molecular formula is C14H14N4O3. The molecule has 1 amide bonds. The standard InChI is InChI=1S/C14H14N4O3/c1-8(14(20)21)18(9-6-7-9)13(19)12-15-10-4-2-3-5-11(10)16-17-12/h2-5,8-9H,6-7H2,1H3,(H,20,21). The van der Waals surface area contributed by atoms with Crippen molar-refractivity contribution in [2.45, 2.75) is 31.8 Å². The lowest BCUT2D eigenvalue weighted by molar-refractivity contribution is -0.141. The monoisotopic (exact) mass is 286 g/mol. The summed E-state index contributed by atoms with van der Waals surface area (Å²) in [6.45, 7) is 1.49. The maximum absolute atomic E-state index is 12.5. The number of carboxylic acid groups (broad SMARTS) is 1. The Morgan fingerprint density at radius 1 is 1.24 bits per heavy atom. The van der Waals surface area contributed by atoms with E-state index in [2.05, 4.69) is 15.2 Å². The van der Waals surface area contributed by atoms with E-state index in [-0.39, 0.29) is 11.9 Å². The molecule has 0 bridgehead atoms. The Bertz CT molecular complexity index is 714. The lowest BCUT2D eigenvalue weighted by Crippen LogP contribution is -2.45. The number of aromatic nitrogens is 3. The molecule has 1 aromatic carbocycles. The molecule has 1 atom stereocenters. The van der Waals surface area contributed by atoms with Crippen LogP contribution in [0.4, 0.5) is 0 Å². The minimum atomic E-state index is -1.04. The molecule has 7 nitrogen and oxygen atoms in total. The van der Waals surface area contributed by atoms with Crippen molar-refractivity contribution in [1.82, 2.24) is 20.1 Å². The van der Waals surface area contributed by atoms with Gasteiger partial charge in [-0.25, -0.2) is 9.78 Å². The number of benzene rings is 1. The maximum Gasteiger partial charge on any atom is 0.326 e. The number of amides is 1. The van der Waals surface area contributed by atoms with Crippen LogP contribution in [0, 0.1) is 0 Å². The minimum absolute atomic E-state index is 0.0429. The van der Waals surface area contributed by atoms with Crippen LogP contribution in [0.2, 0.25) is 0 Å². The zero-order valence-electron chi connectivity index (χ0n) is 11.4. The zero-order valence-corrected chi connectivity index (χ0v) is 11.4. The summed E-state index contributed by atoms with van der Waals surface area (Å²) in [7, 11) is 0. The lowest BCUT2D eigenvalue weighted by Gasteiger charge is -2.25. The highest BCUT2D eigenvalue weighted by molar-refractivity contribution is 5.94. The van der Waals surface area contributed by atoms with Gasteiger partial charge in [0.1, 0.15) is 11.6 Å². The molecule has 1 aliphatic rings. The number of rotatable bonds is 4. The Hall–Kier alpha value is -2.57. The van der Waals surface area contributed by atoms with Crippen molar-refractivity contribution in [2.24, 2.45) is 0 Å². The van der Waals surface area contributed by atoms with Crippen molar-refractivity contribution in [3.63, 3.8) is 0 Å². The third-order valence-corrected chi connectivity index (χ3v) is 3.50. The van der Waals surface area contributed by atoms with Crippen molar-refractivity contribution in [1.29, 1.82) is 0 Å². The van der Waals surface area contributed by atoms with Crippen molar-refractivity contribution < 1.29 is 14.7 Å². The number of carbonyl (C=O) groups is 2. The molecule has 0 spiro atoms. The molecule has 1 fully saturated rings. The van der Waals surface area contributed by atoms with Gasteiger partial charge in [-0.3, -0.25) is 4.79 Å². The van der Waals surface area contributed by atoms with Gasteiger partial charge >= 0.3 is 5.97 Å². The molecule has 1 aliphatic carbocycles. The summed E-state index contributed by atoms with van der Waals surface area (Å²) < 4.78 is 0. The molecule has 3 rings (SSSR count). The van der Waals surface area contributed by atoms with E-state index < -0.39 is 17.9 Å². The van der Waals surface area contributed by atoms with Gasteiger partial charge in [-0.1, -0.05) is 12.1 Å². The molecule has 108 valence electrons. The van der Waals surface area contributed by atoms with Gasteiger partial charge in [-0.05, 0) is 31.9 Å². The maximum atomic E-state index is 12.5. The fraction of sp³-hybridized carbons (Fsp3) is 0.357. The third kappa shape index (κ3) is 2.54. The van der Waals surface area contributed by atoms with E-state index in [1.807, 2.05) is 6.07 Å². The predicted molar refractivity (Wildman–Crippen MR) is 73.6 cm³/mol. The molecule has 1 saturated carbocycles. The number of para-hydroxylation sites is 1. The quantitative estimate of drug-likeness (QED) is 0.904. The molecule has 0 radical (unpaired) electrons. The molecule has 1 heterocycles. The number of fused-ring (bicyclic) bond motifs is 1. The van der Waals surface area contributed by atoms with Crippen LogP contribution in [0.15, 0.2) is 24.3 Å². The molecule has 0 saturated heterocycles. The Morgan fingerprint density at radius 3 is 2.52 bits per heavy atom. The number of hydrogen-bond donors (Lipinski definition) is 1.